The van der Waals surface area contributed by atoms with Crippen LogP contribution in [0.1, 0.15) is 31.7 Å². The molecule has 3 nitrogen and oxygen atoms in total. The molecule has 0 amide bonds. The number of ether oxygens (including phenoxy) is 1. The molecule has 0 radical (unpaired) electrons. The molecule has 0 fully saturated rings. The number of hydrogen-bond donors (Lipinski definition) is 2. The predicted molar refractivity (Wildman–Crippen MR) is 100 cm³/mol. The minimum atomic E-state index is 0.411. The van der Waals surface area contributed by atoms with Gasteiger partial charge < -0.3 is 9.94 Å². The first-order chi connectivity index (χ1) is 11.6. The van der Waals surface area contributed by atoms with E-state index in [4.69, 9.17) is 33.1 Å². The second kappa shape index (κ2) is 9.70. The van der Waals surface area contributed by atoms with Crippen LogP contribution in [0.15, 0.2) is 48.5 Å². The molecule has 0 aliphatic rings. The lowest BCUT2D eigenvalue weighted by atomic mass is 9.99. The van der Waals surface area contributed by atoms with Gasteiger partial charge in [-0.2, -0.15) is 0 Å². The normalized spacial score (nSPS) is 11.6. The van der Waals surface area contributed by atoms with Crippen molar-refractivity contribution in [2.45, 2.75) is 26.2 Å². The summed E-state index contributed by atoms with van der Waals surface area (Å²) >= 11 is 12.0. The van der Waals surface area contributed by atoms with Crippen LogP contribution >= 0.6 is 23.2 Å². The third kappa shape index (κ3) is 5.84. The highest BCUT2D eigenvalue weighted by molar-refractivity contribution is 6.34. The smallest absolute Gasteiger partial charge is 0.130 e. The Labute approximate surface area is 152 Å². The van der Waals surface area contributed by atoms with Gasteiger partial charge in [-0.3, -0.25) is 0 Å². The molecule has 0 aromatic heterocycles. The molecule has 2 N–H and O–H groups in total. The predicted octanol–water partition coefficient (Wildman–Crippen LogP) is 6.34. The molecule has 5 heteroatoms. The maximum Gasteiger partial charge on any atom is 0.130 e. The SMILES string of the molecule is CCCC/C(=C\CNO)c1cccc(Oc2cc(Cl)cc(Cl)c2)c1. The molecule has 0 saturated heterocycles. The summed E-state index contributed by atoms with van der Waals surface area (Å²) in [7, 11) is 0. The fourth-order valence-electron chi connectivity index (χ4n) is 2.38. The largest absolute Gasteiger partial charge is 0.457 e. The highest BCUT2D eigenvalue weighted by atomic mass is 35.5. The van der Waals surface area contributed by atoms with Crippen LogP contribution in [-0.4, -0.2) is 11.8 Å². The second-order valence-corrected chi connectivity index (χ2v) is 6.30. The third-order valence-corrected chi connectivity index (χ3v) is 3.95. The molecule has 0 saturated carbocycles. The first-order valence-corrected chi connectivity index (χ1v) is 8.68. The van der Waals surface area contributed by atoms with E-state index >= 15 is 0 Å². The van der Waals surface area contributed by atoms with E-state index in [0.717, 1.165) is 24.8 Å². The molecule has 128 valence electrons. The van der Waals surface area contributed by atoms with Crippen LogP contribution in [0.4, 0.5) is 0 Å². The standard InChI is InChI=1S/C19H21Cl2NO2/c1-2-3-5-14(8-9-22-23)15-6-4-7-18(10-15)24-19-12-16(20)11-17(21)13-19/h4,6-8,10-13,22-23H,2-3,5,9H2,1H3/b14-8+. The monoisotopic (exact) mass is 365 g/mol. The zero-order valence-electron chi connectivity index (χ0n) is 13.6. The van der Waals surface area contributed by atoms with Crippen LogP contribution in [0.3, 0.4) is 0 Å². The lowest BCUT2D eigenvalue weighted by Crippen LogP contribution is -2.06. The van der Waals surface area contributed by atoms with Gasteiger partial charge in [0.25, 0.3) is 0 Å². The molecular weight excluding hydrogens is 345 g/mol. The maximum absolute atomic E-state index is 8.84. The summed E-state index contributed by atoms with van der Waals surface area (Å²) < 4.78 is 5.88. The Kier molecular flexibility index (Phi) is 7.60. The Bertz CT molecular complexity index is 681. The summed E-state index contributed by atoms with van der Waals surface area (Å²) in [4.78, 5) is 0. The quantitative estimate of drug-likeness (QED) is 0.536. The molecule has 2 aromatic carbocycles. The maximum atomic E-state index is 8.84. The van der Waals surface area contributed by atoms with Gasteiger partial charge in [0.15, 0.2) is 0 Å². The van der Waals surface area contributed by atoms with Gasteiger partial charge in [-0.05, 0) is 54.3 Å². The summed E-state index contributed by atoms with van der Waals surface area (Å²) in [5.74, 6) is 1.31. The highest BCUT2D eigenvalue weighted by Crippen LogP contribution is 2.30. The number of nitrogens with one attached hydrogen (secondary N) is 1. The first kappa shape index (κ1) is 18.8. The molecule has 0 aliphatic carbocycles. The number of halogens is 2. The molecule has 0 atom stereocenters. The summed E-state index contributed by atoms with van der Waals surface area (Å²) in [5, 5.41) is 9.91. The summed E-state index contributed by atoms with van der Waals surface area (Å²) in [6, 6.07) is 13.0. The highest BCUT2D eigenvalue weighted by Gasteiger charge is 2.06. The minimum absolute atomic E-state index is 0.411. The molecule has 0 heterocycles. The van der Waals surface area contributed by atoms with E-state index in [1.54, 1.807) is 18.2 Å². The van der Waals surface area contributed by atoms with Crippen molar-refractivity contribution in [2.75, 3.05) is 6.54 Å². The average Bonchev–Trinajstić information content (AvgIpc) is 2.54. The Morgan fingerprint density at radius 2 is 1.88 bits per heavy atom. The fraction of sp³-hybridized carbons (Fsp3) is 0.263. The van der Waals surface area contributed by atoms with Crippen LogP contribution in [0.25, 0.3) is 5.57 Å². The van der Waals surface area contributed by atoms with Crippen molar-refractivity contribution < 1.29 is 9.94 Å². The molecule has 2 aromatic rings. The molecule has 0 unspecified atom stereocenters. The van der Waals surface area contributed by atoms with E-state index in [1.165, 1.54) is 5.57 Å². The van der Waals surface area contributed by atoms with Crippen LogP contribution in [0, 0.1) is 0 Å². The fourth-order valence-corrected chi connectivity index (χ4v) is 2.89. The van der Waals surface area contributed by atoms with Gasteiger partial charge in [-0.1, -0.05) is 54.8 Å². The summed E-state index contributed by atoms with van der Waals surface area (Å²) in [5.41, 5.74) is 4.42. The van der Waals surface area contributed by atoms with E-state index in [9.17, 15) is 0 Å². The van der Waals surface area contributed by atoms with E-state index in [0.29, 0.717) is 28.1 Å². The summed E-state index contributed by atoms with van der Waals surface area (Å²) in [6.45, 7) is 2.57. The van der Waals surface area contributed by atoms with E-state index in [1.807, 2.05) is 30.3 Å². The Morgan fingerprint density at radius 1 is 1.12 bits per heavy atom. The van der Waals surface area contributed by atoms with Crippen LogP contribution in [0.5, 0.6) is 11.5 Å². The van der Waals surface area contributed by atoms with Crippen molar-refractivity contribution in [3.8, 4) is 11.5 Å². The Hall–Kier alpha value is -1.52. The van der Waals surface area contributed by atoms with Gasteiger partial charge in [-0.25, -0.2) is 5.48 Å². The molecule has 0 spiro atoms. The molecule has 0 bridgehead atoms. The zero-order chi connectivity index (χ0) is 17.4. The van der Waals surface area contributed by atoms with Gasteiger partial charge in [0.1, 0.15) is 11.5 Å². The van der Waals surface area contributed by atoms with Crippen LogP contribution in [-0.2, 0) is 0 Å². The number of allylic oxidation sites excluding steroid dienone is 1. The van der Waals surface area contributed by atoms with Crippen molar-refractivity contribution in [3.63, 3.8) is 0 Å². The van der Waals surface area contributed by atoms with Crippen molar-refractivity contribution in [2.24, 2.45) is 0 Å². The summed E-state index contributed by atoms with van der Waals surface area (Å²) in [6.07, 6.45) is 5.14. The zero-order valence-corrected chi connectivity index (χ0v) is 15.1. The van der Waals surface area contributed by atoms with Crippen molar-refractivity contribution >= 4 is 28.8 Å². The third-order valence-electron chi connectivity index (χ3n) is 3.52. The minimum Gasteiger partial charge on any atom is -0.457 e. The van der Waals surface area contributed by atoms with Crippen molar-refractivity contribution in [3.05, 3.63) is 64.1 Å². The van der Waals surface area contributed by atoms with Gasteiger partial charge in [0.05, 0.1) is 0 Å². The number of hydroxylamine groups is 1. The van der Waals surface area contributed by atoms with Gasteiger partial charge in [-0.15, -0.1) is 0 Å². The Balaban J connectivity index is 2.22. The van der Waals surface area contributed by atoms with Gasteiger partial charge >= 0.3 is 0 Å². The lowest BCUT2D eigenvalue weighted by Gasteiger charge is -2.11. The van der Waals surface area contributed by atoms with Crippen LogP contribution in [0.2, 0.25) is 10.0 Å². The molecule has 2 rings (SSSR count). The lowest BCUT2D eigenvalue weighted by molar-refractivity contribution is 0.179. The Morgan fingerprint density at radius 3 is 2.54 bits per heavy atom. The topological polar surface area (TPSA) is 41.5 Å². The van der Waals surface area contributed by atoms with E-state index < -0.39 is 0 Å². The van der Waals surface area contributed by atoms with E-state index in [-0.39, 0.29) is 0 Å². The second-order valence-electron chi connectivity index (χ2n) is 5.43. The number of rotatable bonds is 8. The molecule has 0 aliphatic heterocycles. The van der Waals surface area contributed by atoms with Crippen molar-refractivity contribution in [1.82, 2.24) is 5.48 Å². The first-order valence-electron chi connectivity index (χ1n) is 7.92. The number of unbranched alkanes of at least 4 members (excludes halogenated alkanes) is 1. The van der Waals surface area contributed by atoms with Crippen molar-refractivity contribution in [1.29, 1.82) is 0 Å². The van der Waals surface area contributed by atoms with Gasteiger partial charge in [0.2, 0.25) is 0 Å². The number of hydrogen-bond acceptors (Lipinski definition) is 3. The number of benzene rings is 2. The van der Waals surface area contributed by atoms with Gasteiger partial charge in [0, 0.05) is 16.6 Å². The van der Waals surface area contributed by atoms with Crippen LogP contribution < -0.4 is 10.2 Å². The molecule has 24 heavy (non-hydrogen) atoms. The van der Waals surface area contributed by atoms with E-state index in [2.05, 4.69) is 12.4 Å². The molecular formula is C19H21Cl2NO2. The average molecular weight is 366 g/mol.